The van der Waals surface area contributed by atoms with Crippen LogP contribution in [0.25, 0.3) is 0 Å². The van der Waals surface area contributed by atoms with Gasteiger partial charge in [-0.25, -0.2) is 0 Å². The summed E-state index contributed by atoms with van der Waals surface area (Å²) in [5.74, 6) is 0.970. The van der Waals surface area contributed by atoms with E-state index in [2.05, 4.69) is 5.32 Å². The predicted octanol–water partition coefficient (Wildman–Crippen LogP) is 7.16. The second-order valence-electron chi connectivity index (χ2n) is 9.40. The number of ketones is 1. The minimum atomic E-state index is -0.717. The van der Waals surface area contributed by atoms with Gasteiger partial charge in [-0.2, -0.15) is 0 Å². The molecule has 0 saturated carbocycles. The van der Waals surface area contributed by atoms with Crippen molar-refractivity contribution < 1.29 is 18.7 Å². The number of allylic oxidation sites excluding steroid dienone is 1. The fraction of sp³-hybridized carbons (Fsp3) is 0.161. The van der Waals surface area contributed by atoms with Crippen molar-refractivity contribution in [2.45, 2.75) is 24.8 Å². The third-order valence-electron chi connectivity index (χ3n) is 7.18. The van der Waals surface area contributed by atoms with E-state index in [1.165, 1.54) is 0 Å². The third-order valence-corrected chi connectivity index (χ3v) is 7.43. The second-order valence-corrected chi connectivity index (χ2v) is 9.84. The summed E-state index contributed by atoms with van der Waals surface area (Å²) in [5, 5.41) is 4.07. The highest BCUT2D eigenvalue weighted by Crippen LogP contribution is 2.49. The number of rotatable bonds is 4. The van der Waals surface area contributed by atoms with E-state index in [0.29, 0.717) is 34.0 Å². The number of benzene rings is 3. The molecule has 0 unspecified atom stereocenters. The van der Waals surface area contributed by atoms with Crippen LogP contribution in [0.2, 0.25) is 5.02 Å². The lowest BCUT2D eigenvalue weighted by Crippen LogP contribution is -2.38. The lowest BCUT2D eigenvalue weighted by atomic mass is 9.79. The molecule has 0 fully saturated rings. The Morgan fingerprint density at radius 2 is 1.74 bits per heavy atom. The Balaban J connectivity index is 1.60. The molecule has 0 saturated heterocycles. The molecule has 0 spiro atoms. The monoisotopic (exact) mass is 524 g/mol. The quantitative estimate of drug-likeness (QED) is 0.307. The summed E-state index contributed by atoms with van der Waals surface area (Å²) in [4.78, 5) is 30.0. The van der Waals surface area contributed by atoms with Crippen LogP contribution in [0.5, 0.6) is 5.75 Å². The number of furan rings is 1. The first kappa shape index (κ1) is 24.1. The van der Waals surface area contributed by atoms with Crippen LogP contribution >= 0.6 is 11.6 Å². The van der Waals surface area contributed by atoms with Gasteiger partial charge >= 0.3 is 0 Å². The van der Waals surface area contributed by atoms with Crippen molar-refractivity contribution in [3.8, 4) is 5.75 Å². The molecule has 6 nitrogen and oxygen atoms in total. The van der Waals surface area contributed by atoms with E-state index in [0.717, 1.165) is 22.7 Å². The molecular weight excluding hydrogens is 500 g/mol. The summed E-state index contributed by atoms with van der Waals surface area (Å²) in [6, 6.07) is 25.0. The number of anilines is 2. The first-order valence-electron chi connectivity index (χ1n) is 12.4. The first-order chi connectivity index (χ1) is 18.5. The van der Waals surface area contributed by atoms with Crippen LogP contribution < -0.4 is 15.0 Å². The van der Waals surface area contributed by atoms with Gasteiger partial charge in [-0.1, -0.05) is 41.9 Å². The van der Waals surface area contributed by atoms with E-state index >= 15 is 0 Å². The highest BCUT2D eigenvalue weighted by molar-refractivity contribution is 6.30. The number of amides is 1. The molecule has 1 N–H and O–H groups in total. The van der Waals surface area contributed by atoms with Gasteiger partial charge in [0.25, 0.3) is 5.91 Å². The Morgan fingerprint density at radius 3 is 2.50 bits per heavy atom. The van der Waals surface area contributed by atoms with E-state index < -0.39 is 6.04 Å². The number of nitrogens with one attached hydrogen (secondary N) is 1. The van der Waals surface area contributed by atoms with E-state index in [1.54, 1.807) is 42.5 Å². The minimum absolute atomic E-state index is 0.0437. The Labute approximate surface area is 225 Å². The Kier molecular flexibility index (Phi) is 6.26. The molecule has 38 heavy (non-hydrogen) atoms. The van der Waals surface area contributed by atoms with Crippen LogP contribution in [0.4, 0.5) is 11.4 Å². The number of Topliss-reactive ketones (excluding diaryl/α,β-unsaturated/α-hetero) is 1. The number of hydrogen-bond donors (Lipinski definition) is 1. The van der Waals surface area contributed by atoms with E-state index in [1.807, 2.05) is 60.7 Å². The fourth-order valence-electron chi connectivity index (χ4n) is 5.46. The van der Waals surface area contributed by atoms with Gasteiger partial charge in [-0.05, 0) is 61.0 Å². The van der Waals surface area contributed by atoms with Crippen LogP contribution in [0, 0.1) is 0 Å². The summed E-state index contributed by atoms with van der Waals surface area (Å²) in [6.45, 7) is 0. The SMILES string of the molecule is COc1ccccc1[C@H]1C2=C(C[C@@H](c3ccco3)CC2=O)Nc2ccccc2N1C(=O)c1ccc(Cl)cc1. The largest absolute Gasteiger partial charge is 0.496 e. The average molecular weight is 525 g/mol. The molecule has 7 heteroatoms. The van der Waals surface area contributed by atoms with Crippen molar-refractivity contribution in [1.29, 1.82) is 0 Å². The topological polar surface area (TPSA) is 71.8 Å². The summed E-state index contributed by atoms with van der Waals surface area (Å²) >= 11 is 6.13. The zero-order chi connectivity index (χ0) is 26.2. The Hall–Kier alpha value is -4.29. The number of hydrogen-bond acceptors (Lipinski definition) is 5. The van der Waals surface area contributed by atoms with E-state index in [4.69, 9.17) is 20.8 Å². The Morgan fingerprint density at radius 1 is 0.974 bits per heavy atom. The third kappa shape index (κ3) is 4.17. The van der Waals surface area contributed by atoms with E-state index in [-0.39, 0.29) is 24.0 Å². The minimum Gasteiger partial charge on any atom is -0.496 e. The summed E-state index contributed by atoms with van der Waals surface area (Å²) in [5.41, 5.74) is 3.93. The highest BCUT2D eigenvalue weighted by atomic mass is 35.5. The molecule has 2 aliphatic rings. The normalized spacial score (nSPS) is 18.8. The smallest absolute Gasteiger partial charge is 0.259 e. The lowest BCUT2D eigenvalue weighted by Gasteiger charge is -2.35. The summed E-state index contributed by atoms with van der Waals surface area (Å²) in [7, 11) is 1.60. The molecule has 4 aromatic rings. The number of methoxy groups -OCH3 is 1. The number of halogens is 1. The zero-order valence-electron chi connectivity index (χ0n) is 20.7. The fourth-order valence-corrected chi connectivity index (χ4v) is 5.58. The number of fused-ring (bicyclic) bond motifs is 1. The van der Waals surface area contributed by atoms with Gasteiger partial charge in [-0.15, -0.1) is 0 Å². The molecule has 0 bridgehead atoms. The van der Waals surface area contributed by atoms with Gasteiger partial charge in [0, 0.05) is 39.8 Å². The first-order valence-corrected chi connectivity index (χ1v) is 12.8. The number of para-hydroxylation sites is 3. The van der Waals surface area contributed by atoms with Gasteiger partial charge < -0.3 is 14.5 Å². The molecule has 190 valence electrons. The molecule has 1 aliphatic carbocycles. The molecule has 0 radical (unpaired) electrons. The number of nitrogens with zero attached hydrogens (tertiary/aromatic N) is 1. The standard InChI is InChI=1S/C31H25ClN2O4/c1-37-28-10-5-2-7-22(28)30-29-24(17-20(18-26(29)35)27-11-6-16-38-27)33-23-8-3-4-9-25(23)34(30)31(36)19-12-14-21(32)15-13-19/h2-16,20,30,33H,17-18H2,1H3/t20-,30+/m1/s1. The predicted molar refractivity (Wildman–Crippen MR) is 147 cm³/mol. The molecule has 6 rings (SSSR count). The van der Waals surface area contributed by atoms with Crippen LogP contribution in [0.1, 0.15) is 46.5 Å². The van der Waals surface area contributed by atoms with E-state index in [9.17, 15) is 9.59 Å². The molecule has 1 amide bonds. The number of carbonyl (C=O) groups excluding carboxylic acids is 2. The maximum absolute atomic E-state index is 14.3. The lowest BCUT2D eigenvalue weighted by molar-refractivity contribution is -0.116. The van der Waals surface area contributed by atoms with Crippen LogP contribution in [-0.2, 0) is 4.79 Å². The second kappa shape index (κ2) is 9.88. The maximum Gasteiger partial charge on any atom is 0.259 e. The average Bonchev–Trinajstić information content (AvgIpc) is 3.43. The van der Waals surface area contributed by atoms with Crippen LogP contribution in [0.3, 0.4) is 0 Å². The van der Waals surface area contributed by atoms with Crippen molar-refractivity contribution in [3.05, 3.63) is 124 Å². The molecule has 2 atom stereocenters. The number of ether oxygens (including phenoxy) is 1. The van der Waals surface area contributed by atoms with Gasteiger partial charge in [0.2, 0.25) is 0 Å². The van der Waals surface area contributed by atoms with Crippen molar-refractivity contribution in [2.24, 2.45) is 0 Å². The van der Waals surface area contributed by atoms with Crippen LogP contribution in [0.15, 0.2) is 107 Å². The van der Waals surface area contributed by atoms with Crippen LogP contribution in [-0.4, -0.2) is 18.8 Å². The van der Waals surface area contributed by atoms with Crippen molar-refractivity contribution in [3.63, 3.8) is 0 Å². The Bertz CT molecular complexity index is 1540. The molecule has 3 aromatic carbocycles. The summed E-state index contributed by atoms with van der Waals surface area (Å²) in [6.07, 6.45) is 2.47. The number of carbonyl (C=O) groups is 2. The van der Waals surface area contributed by atoms with Crippen molar-refractivity contribution in [1.82, 2.24) is 0 Å². The molecule has 1 aliphatic heterocycles. The zero-order valence-corrected chi connectivity index (χ0v) is 21.4. The van der Waals surface area contributed by atoms with Gasteiger partial charge in [0.15, 0.2) is 5.78 Å². The highest BCUT2D eigenvalue weighted by Gasteiger charge is 2.43. The van der Waals surface area contributed by atoms with Gasteiger partial charge in [-0.3, -0.25) is 14.5 Å². The van der Waals surface area contributed by atoms with Gasteiger partial charge in [0.1, 0.15) is 11.5 Å². The summed E-state index contributed by atoms with van der Waals surface area (Å²) < 4.78 is 11.4. The molecule has 1 aromatic heterocycles. The molecule has 2 heterocycles. The van der Waals surface area contributed by atoms with Crippen molar-refractivity contribution >= 4 is 34.7 Å². The maximum atomic E-state index is 14.3. The molecular formula is C31H25ClN2O4. The van der Waals surface area contributed by atoms with Gasteiger partial charge in [0.05, 0.1) is 30.8 Å². The van der Waals surface area contributed by atoms with Crippen molar-refractivity contribution in [2.75, 3.05) is 17.3 Å².